The van der Waals surface area contributed by atoms with Gasteiger partial charge in [-0.05, 0) is 12.1 Å². The van der Waals surface area contributed by atoms with Gasteiger partial charge in [0.25, 0.3) is 5.17 Å². The second-order valence-electron chi connectivity index (χ2n) is 2.99. The molecule has 0 saturated carbocycles. The van der Waals surface area contributed by atoms with E-state index in [1.807, 2.05) is 30.3 Å². The van der Waals surface area contributed by atoms with Crippen molar-refractivity contribution in [1.29, 1.82) is 15.9 Å². The first-order chi connectivity index (χ1) is 8.17. The zero-order chi connectivity index (χ0) is 12.7. The summed E-state index contributed by atoms with van der Waals surface area (Å²) in [6.45, 7) is 0. The lowest BCUT2D eigenvalue weighted by Gasteiger charge is -2.00. The predicted octanol–water partition coefficient (Wildman–Crippen LogP) is 0.767. The molecule has 0 saturated heterocycles. The van der Waals surface area contributed by atoms with Gasteiger partial charge in [0.15, 0.2) is 0 Å². The molecule has 6 heteroatoms. The highest BCUT2D eigenvalue weighted by Gasteiger charge is 2.11. The normalized spacial score (nSPS) is 10.9. The summed E-state index contributed by atoms with van der Waals surface area (Å²) < 4.78 is 0. The third-order valence-corrected chi connectivity index (χ3v) is 2.63. The van der Waals surface area contributed by atoms with E-state index in [0.29, 0.717) is 0 Å². The molecular weight excluding hydrogens is 234 g/mol. The molecular formula is C11H10N5S+. The van der Waals surface area contributed by atoms with Crippen LogP contribution >= 0.6 is 11.8 Å². The second-order valence-corrected chi connectivity index (χ2v) is 4.04. The molecule has 1 aromatic rings. The standard InChI is InChI=1S/C11H9N5S/c12-6-9(14)10(7-13)17-11(15)16-8-4-2-1-3-5-8/h1-5H,14H2,(H2,15,16)/p+1. The van der Waals surface area contributed by atoms with Crippen molar-refractivity contribution < 1.29 is 5.32 Å². The number of quaternary nitrogens is 1. The third kappa shape index (κ3) is 3.99. The van der Waals surface area contributed by atoms with E-state index in [1.165, 1.54) is 0 Å². The first-order valence-corrected chi connectivity index (χ1v) is 5.45. The Morgan fingerprint density at radius 3 is 2.41 bits per heavy atom. The predicted molar refractivity (Wildman–Crippen MR) is 65.8 cm³/mol. The van der Waals surface area contributed by atoms with E-state index in [-0.39, 0.29) is 15.8 Å². The summed E-state index contributed by atoms with van der Waals surface area (Å²) in [5.74, 6) is 0. The number of thioether (sulfide) groups is 1. The van der Waals surface area contributed by atoms with Crippen molar-refractivity contribution in [2.75, 3.05) is 0 Å². The van der Waals surface area contributed by atoms with Crippen LogP contribution in [0.4, 0.5) is 5.69 Å². The number of benzene rings is 1. The van der Waals surface area contributed by atoms with Gasteiger partial charge in [0, 0.05) is 11.8 Å². The van der Waals surface area contributed by atoms with Crippen LogP contribution in [0.5, 0.6) is 0 Å². The molecule has 1 aromatic carbocycles. The molecule has 0 aromatic heterocycles. The van der Waals surface area contributed by atoms with Gasteiger partial charge >= 0.3 is 0 Å². The number of nitrogens with zero attached hydrogens (tertiary/aromatic N) is 2. The van der Waals surface area contributed by atoms with Gasteiger partial charge in [0.05, 0.1) is 0 Å². The molecule has 0 radical (unpaired) electrons. The van der Waals surface area contributed by atoms with Crippen molar-refractivity contribution in [3.8, 4) is 12.1 Å². The van der Waals surface area contributed by atoms with Crippen molar-refractivity contribution in [3.05, 3.63) is 40.9 Å². The van der Waals surface area contributed by atoms with Crippen LogP contribution in [0.15, 0.2) is 40.9 Å². The molecule has 0 fully saturated rings. The molecule has 0 spiro atoms. The molecule has 1 rings (SSSR count). The van der Waals surface area contributed by atoms with Crippen LogP contribution in [0, 0.1) is 28.1 Å². The number of allylic oxidation sites excluding steroid dienone is 2. The van der Waals surface area contributed by atoms with Crippen molar-refractivity contribution in [2.24, 2.45) is 5.73 Å². The van der Waals surface area contributed by atoms with E-state index in [4.69, 9.17) is 21.7 Å². The number of rotatable bonds is 2. The molecule has 0 heterocycles. The van der Waals surface area contributed by atoms with Crippen LogP contribution in [-0.2, 0) is 0 Å². The van der Waals surface area contributed by atoms with Gasteiger partial charge in [-0.15, -0.1) is 0 Å². The molecule has 0 aliphatic carbocycles. The lowest BCUT2D eigenvalue weighted by molar-refractivity contribution is -0.438. The highest BCUT2D eigenvalue weighted by Crippen LogP contribution is 2.15. The zero-order valence-electron chi connectivity index (χ0n) is 8.84. The number of para-hydroxylation sites is 1. The van der Waals surface area contributed by atoms with Gasteiger partial charge in [-0.1, -0.05) is 18.2 Å². The monoisotopic (exact) mass is 244 g/mol. The fourth-order valence-corrected chi connectivity index (χ4v) is 1.65. The van der Waals surface area contributed by atoms with Crippen molar-refractivity contribution in [3.63, 3.8) is 0 Å². The van der Waals surface area contributed by atoms with Crippen LogP contribution in [0.3, 0.4) is 0 Å². The van der Waals surface area contributed by atoms with Gasteiger partial charge in [0.2, 0.25) is 0 Å². The number of nitrogens with two attached hydrogens (primary N) is 2. The second kappa shape index (κ2) is 6.33. The van der Waals surface area contributed by atoms with Crippen LogP contribution in [0.1, 0.15) is 0 Å². The molecule has 0 aliphatic heterocycles. The number of nitrogens with one attached hydrogen (secondary N) is 1. The number of hydrogen-bond acceptors (Lipinski definition) is 5. The summed E-state index contributed by atoms with van der Waals surface area (Å²) in [6.07, 6.45) is 0. The van der Waals surface area contributed by atoms with Gasteiger partial charge in [0.1, 0.15) is 28.4 Å². The van der Waals surface area contributed by atoms with Gasteiger partial charge in [-0.2, -0.15) is 10.5 Å². The van der Waals surface area contributed by atoms with Crippen LogP contribution in [-0.4, -0.2) is 5.17 Å². The van der Waals surface area contributed by atoms with Crippen molar-refractivity contribution >= 4 is 22.6 Å². The topological polar surface area (TPSA) is 114 Å². The summed E-state index contributed by atoms with van der Waals surface area (Å²) in [7, 11) is 0. The SMILES string of the molecule is N#CC(N)=C(C#N)SC(=N)[NH2+]c1ccccc1. The van der Waals surface area contributed by atoms with E-state index in [9.17, 15) is 0 Å². The lowest BCUT2D eigenvalue weighted by atomic mass is 10.3. The number of amidine groups is 1. The fraction of sp³-hybridized carbons (Fsp3) is 0. The lowest BCUT2D eigenvalue weighted by Crippen LogP contribution is -2.80. The van der Waals surface area contributed by atoms with E-state index >= 15 is 0 Å². The van der Waals surface area contributed by atoms with E-state index < -0.39 is 0 Å². The molecule has 0 bridgehead atoms. The van der Waals surface area contributed by atoms with Crippen LogP contribution in [0.25, 0.3) is 0 Å². The van der Waals surface area contributed by atoms with E-state index in [2.05, 4.69) is 0 Å². The summed E-state index contributed by atoms with van der Waals surface area (Å²) in [6, 6.07) is 12.8. The Morgan fingerprint density at radius 1 is 1.24 bits per heavy atom. The van der Waals surface area contributed by atoms with E-state index in [0.717, 1.165) is 17.4 Å². The zero-order valence-corrected chi connectivity index (χ0v) is 9.66. The van der Waals surface area contributed by atoms with Gasteiger partial charge in [-0.3, -0.25) is 5.32 Å². The summed E-state index contributed by atoms with van der Waals surface area (Å²) in [5, 5.41) is 26.8. The first-order valence-electron chi connectivity index (χ1n) is 4.63. The third-order valence-electron chi connectivity index (χ3n) is 1.78. The Bertz CT molecular complexity index is 521. The minimum absolute atomic E-state index is 0.0460. The first kappa shape index (κ1) is 12.8. The highest BCUT2D eigenvalue weighted by atomic mass is 32.2. The summed E-state index contributed by atoms with van der Waals surface area (Å²) in [5.41, 5.74) is 6.03. The Kier molecular flexibility index (Phi) is 4.77. The maximum absolute atomic E-state index is 8.77. The van der Waals surface area contributed by atoms with Gasteiger partial charge < -0.3 is 5.73 Å². The molecule has 0 amide bonds. The summed E-state index contributed by atoms with van der Waals surface area (Å²) in [4.78, 5) is 0.0460. The Labute approximate surface area is 103 Å². The van der Waals surface area contributed by atoms with Crippen LogP contribution in [0.2, 0.25) is 0 Å². The molecule has 0 aliphatic rings. The fourth-order valence-electron chi connectivity index (χ4n) is 1.03. The Hall–Kier alpha value is -2.28. The van der Waals surface area contributed by atoms with E-state index in [1.54, 1.807) is 17.5 Å². The minimum Gasteiger partial charge on any atom is -0.389 e. The average molecular weight is 244 g/mol. The maximum Gasteiger partial charge on any atom is 0.263 e. The number of nitriles is 2. The molecule has 0 atom stereocenters. The quantitative estimate of drug-likeness (QED) is 0.308. The highest BCUT2D eigenvalue weighted by molar-refractivity contribution is 8.16. The largest absolute Gasteiger partial charge is 0.389 e. The van der Waals surface area contributed by atoms with Crippen molar-refractivity contribution in [1.82, 2.24) is 0 Å². The smallest absolute Gasteiger partial charge is 0.263 e. The summed E-state index contributed by atoms with van der Waals surface area (Å²) >= 11 is 0.871. The van der Waals surface area contributed by atoms with Crippen LogP contribution < -0.4 is 11.1 Å². The number of hydrogen-bond donors (Lipinski definition) is 3. The van der Waals surface area contributed by atoms with Crippen molar-refractivity contribution in [2.45, 2.75) is 0 Å². The average Bonchev–Trinajstić information content (AvgIpc) is 2.36. The molecule has 5 nitrogen and oxygen atoms in total. The molecule has 5 N–H and O–H groups in total. The van der Waals surface area contributed by atoms with Gasteiger partial charge in [-0.25, -0.2) is 5.41 Å². The maximum atomic E-state index is 8.77. The minimum atomic E-state index is -0.163. The Balaban J connectivity index is 2.69. The molecule has 17 heavy (non-hydrogen) atoms. The molecule has 84 valence electrons. The Morgan fingerprint density at radius 2 is 1.88 bits per heavy atom. The molecule has 0 unspecified atom stereocenters.